The molecule has 23 heavy (non-hydrogen) atoms. The van der Waals surface area contributed by atoms with Crippen molar-refractivity contribution >= 4 is 34.5 Å². The molecule has 2 aromatic carbocycles. The Hall–Kier alpha value is -2.04. The molecule has 3 nitrogen and oxygen atoms in total. The molecule has 116 valence electrons. The van der Waals surface area contributed by atoms with Crippen LogP contribution in [-0.4, -0.2) is 16.4 Å². The van der Waals surface area contributed by atoms with Crippen molar-refractivity contribution in [1.29, 1.82) is 0 Å². The molecule has 3 rings (SSSR count). The van der Waals surface area contributed by atoms with Crippen molar-refractivity contribution in [3.05, 3.63) is 65.5 Å². The first-order valence-electron chi connectivity index (χ1n) is 7.08. The minimum atomic E-state index is 0.318. The molecule has 0 spiro atoms. The number of hydrogen-bond donors (Lipinski definition) is 0. The minimum Gasteiger partial charge on any atom is -0.333 e. The third-order valence-corrected chi connectivity index (χ3v) is 4.44. The molecule has 0 radical (unpaired) electrons. The van der Waals surface area contributed by atoms with Crippen molar-refractivity contribution in [3.8, 4) is 11.4 Å². The van der Waals surface area contributed by atoms with Crippen LogP contribution in [0.25, 0.3) is 22.5 Å². The quantitative estimate of drug-likeness (QED) is 0.586. The van der Waals surface area contributed by atoms with Crippen LogP contribution < -0.4 is 0 Å². The van der Waals surface area contributed by atoms with Crippen molar-refractivity contribution in [2.24, 2.45) is 0 Å². The number of rotatable bonds is 4. The van der Waals surface area contributed by atoms with Crippen LogP contribution in [0.4, 0.5) is 0 Å². The zero-order valence-electron chi connectivity index (χ0n) is 12.8. The molecular formula is C18H15ClN2OS. The first-order chi connectivity index (χ1) is 11.2. The standard InChI is InChI=1S/C18H15ClN2OS/c1-12-5-3-4-6-15(12)17-20-18(22-21-17)16(19)11-13-7-9-14(23-2)10-8-13/h3-11H,1-2H3/b16-11-. The van der Waals surface area contributed by atoms with E-state index in [0.29, 0.717) is 16.7 Å². The van der Waals surface area contributed by atoms with Gasteiger partial charge in [-0.1, -0.05) is 53.2 Å². The van der Waals surface area contributed by atoms with E-state index in [1.54, 1.807) is 11.8 Å². The Kier molecular flexibility index (Phi) is 4.84. The van der Waals surface area contributed by atoms with Gasteiger partial charge in [0, 0.05) is 10.5 Å². The smallest absolute Gasteiger partial charge is 0.269 e. The van der Waals surface area contributed by atoms with Crippen LogP contribution in [0, 0.1) is 6.92 Å². The lowest BCUT2D eigenvalue weighted by Gasteiger charge is -1.98. The Morgan fingerprint density at radius 3 is 2.57 bits per heavy atom. The first-order valence-corrected chi connectivity index (χ1v) is 8.69. The van der Waals surface area contributed by atoms with Crippen LogP contribution in [-0.2, 0) is 0 Å². The molecule has 0 atom stereocenters. The average molecular weight is 343 g/mol. The topological polar surface area (TPSA) is 38.9 Å². The number of aryl methyl sites for hydroxylation is 1. The predicted octanol–water partition coefficient (Wildman–Crippen LogP) is 5.50. The van der Waals surface area contributed by atoms with Gasteiger partial charge in [0.05, 0.1) is 0 Å². The lowest BCUT2D eigenvalue weighted by Crippen LogP contribution is -1.85. The molecule has 0 bridgehead atoms. The monoisotopic (exact) mass is 342 g/mol. The molecule has 0 saturated carbocycles. The molecule has 1 heterocycles. The Balaban J connectivity index is 1.87. The molecule has 0 N–H and O–H groups in total. The van der Waals surface area contributed by atoms with Crippen LogP contribution in [0.15, 0.2) is 57.9 Å². The number of hydrogen-bond acceptors (Lipinski definition) is 4. The summed E-state index contributed by atoms with van der Waals surface area (Å²) >= 11 is 8.02. The molecule has 0 unspecified atom stereocenters. The summed E-state index contributed by atoms with van der Waals surface area (Å²) in [6.45, 7) is 2.01. The van der Waals surface area contributed by atoms with E-state index in [1.807, 2.05) is 67.8 Å². The number of aromatic nitrogens is 2. The van der Waals surface area contributed by atoms with E-state index in [0.717, 1.165) is 16.7 Å². The fraction of sp³-hybridized carbons (Fsp3) is 0.111. The Bertz CT molecular complexity index is 840. The van der Waals surface area contributed by atoms with Crippen LogP contribution in [0.5, 0.6) is 0 Å². The molecule has 5 heteroatoms. The summed E-state index contributed by atoms with van der Waals surface area (Å²) < 4.78 is 5.29. The maximum absolute atomic E-state index is 6.31. The predicted molar refractivity (Wildman–Crippen MR) is 96.4 cm³/mol. The Morgan fingerprint density at radius 1 is 1.13 bits per heavy atom. The minimum absolute atomic E-state index is 0.318. The van der Waals surface area contributed by atoms with Crippen molar-refractivity contribution in [2.45, 2.75) is 11.8 Å². The molecule has 0 amide bonds. The highest BCUT2D eigenvalue weighted by atomic mass is 35.5. The molecule has 1 aromatic heterocycles. The van der Waals surface area contributed by atoms with E-state index in [-0.39, 0.29) is 0 Å². The number of nitrogens with zero attached hydrogens (tertiary/aromatic N) is 2. The second kappa shape index (κ2) is 7.02. The van der Waals surface area contributed by atoms with Crippen molar-refractivity contribution in [2.75, 3.05) is 6.26 Å². The molecule has 0 aliphatic rings. The fourth-order valence-corrected chi connectivity index (χ4v) is 2.77. The van der Waals surface area contributed by atoms with Gasteiger partial charge in [0.1, 0.15) is 5.03 Å². The maximum atomic E-state index is 6.31. The summed E-state index contributed by atoms with van der Waals surface area (Å²) in [7, 11) is 0. The zero-order valence-corrected chi connectivity index (χ0v) is 14.4. The van der Waals surface area contributed by atoms with Gasteiger partial charge in [0.25, 0.3) is 5.89 Å². The number of halogens is 1. The van der Waals surface area contributed by atoms with E-state index in [1.165, 1.54) is 4.90 Å². The summed E-state index contributed by atoms with van der Waals surface area (Å²) in [5, 5.41) is 4.45. The fourth-order valence-electron chi connectivity index (χ4n) is 2.16. The molecule has 0 aliphatic carbocycles. The first kappa shape index (κ1) is 15.8. The summed E-state index contributed by atoms with van der Waals surface area (Å²) in [6, 6.07) is 16.0. The molecule has 3 aromatic rings. The lowest BCUT2D eigenvalue weighted by atomic mass is 10.1. The van der Waals surface area contributed by atoms with E-state index >= 15 is 0 Å². The Morgan fingerprint density at radius 2 is 1.87 bits per heavy atom. The van der Waals surface area contributed by atoms with E-state index in [4.69, 9.17) is 16.1 Å². The summed E-state index contributed by atoms with van der Waals surface area (Å²) in [4.78, 5) is 5.60. The second-order valence-corrected chi connectivity index (χ2v) is 6.29. The van der Waals surface area contributed by atoms with Gasteiger partial charge in [-0.15, -0.1) is 11.8 Å². The number of benzene rings is 2. The van der Waals surface area contributed by atoms with Gasteiger partial charge < -0.3 is 4.52 Å². The molecular weight excluding hydrogens is 328 g/mol. The normalized spacial score (nSPS) is 11.7. The highest BCUT2D eigenvalue weighted by molar-refractivity contribution is 7.98. The van der Waals surface area contributed by atoms with Gasteiger partial charge in [-0.25, -0.2) is 0 Å². The third-order valence-electron chi connectivity index (χ3n) is 3.43. The maximum Gasteiger partial charge on any atom is 0.269 e. The van der Waals surface area contributed by atoms with E-state index < -0.39 is 0 Å². The SMILES string of the molecule is CSc1ccc(/C=C(\Cl)c2nc(-c3ccccc3C)no2)cc1. The summed E-state index contributed by atoms with van der Waals surface area (Å²) in [6.07, 6.45) is 3.87. The van der Waals surface area contributed by atoms with Crippen LogP contribution >= 0.6 is 23.4 Å². The highest BCUT2D eigenvalue weighted by Gasteiger charge is 2.12. The van der Waals surface area contributed by atoms with Gasteiger partial charge >= 0.3 is 0 Å². The van der Waals surface area contributed by atoms with Crippen LogP contribution in [0.2, 0.25) is 0 Å². The van der Waals surface area contributed by atoms with E-state index in [2.05, 4.69) is 10.1 Å². The molecule has 0 aliphatic heterocycles. The van der Waals surface area contributed by atoms with Gasteiger partial charge in [0.2, 0.25) is 5.82 Å². The van der Waals surface area contributed by atoms with Crippen molar-refractivity contribution in [1.82, 2.24) is 10.1 Å². The van der Waals surface area contributed by atoms with Gasteiger partial charge in [-0.05, 0) is 42.5 Å². The molecule has 0 fully saturated rings. The lowest BCUT2D eigenvalue weighted by molar-refractivity contribution is 0.410. The van der Waals surface area contributed by atoms with Crippen LogP contribution in [0.1, 0.15) is 17.0 Å². The van der Waals surface area contributed by atoms with Gasteiger partial charge in [0.15, 0.2) is 0 Å². The average Bonchev–Trinajstić information content (AvgIpc) is 3.06. The summed E-state index contributed by atoms with van der Waals surface area (Å²) in [5.74, 6) is 0.862. The second-order valence-electron chi connectivity index (χ2n) is 5.00. The van der Waals surface area contributed by atoms with Crippen LogP contribution in [0.3, 0.4) is 0 Å². The highest BCUT2D eigenvalue weighted by Crippen LogP contribution is 2.26. The number of thioether (sulfide) groups is 1. The van der Waals surface area contributed by atoms with Crippen molar-refractivity contribution < 1.29 is 4.52 Å². The summed E-state index contributed by atoms with van der Waals surface area (Å²) in [5.41, 5.74) is 3.02. The largest absolute Gasteiger partial charge is 0.333 e. The molecule has 0 saturated heterocycles. The van der Waals surface area contributed by atoms with Gasteiger partial charge in [-0.2, -0.15) is 4.98 Å². The Labute approximate surface area is 144 Å². The van der Waals surface area contributed by atoms with Crippen molar-refractivity contribution in [3.63, 3.8) is 0 Å². The van der Waals surface area contributed by atoms with E-state index in [9.17, 15) is 0 Å². The zero-order chi connectivity index (χ0) is 16.2. The third kappa shape index (κ3) is 3.66. The van der Waals surface area contributed by atoms with Gasteiger partial charge in [-0.3, -0.25) is 0 Å².